The molecule has 0 aromatic carbocycles. The number of carbonyl (C=O) groups excluding carboxylic acids is 1. The van der Waals surface area contributed by atoms with Gasteiger partial charge in [0, 0.05) is 10.4 Å². The van der Waals surface area contributed by atoms with Crippen LogP contribution in [0.5, 0.6) is 0 Å². The average Bonchev–Trinajstić information content (AvgIpc) is 2.36. The van der Waals surface area contributed by atoms with Crippen LogP contribution in [0.3, 0.4) is 0 Å². The van der Waals surface area contributed by atoms with Gasteiger partial charge >= 0.3 is 0 Å². The molecule has 0 radical (unpaired) electrons. The van der Waals surface area contributed by atoms with E-state index in [1.165, 1.54) is 0 Å². The fourth-order valence-corrected chi connectivity index (χ4v) is 2.06. The molecular weight excluding hydrogens is 160 g/mol. The van der Waals surface area contributed by atoms with Crippen LogP contribution in [-0.4, -0.2) is 6.29 Å². The number of hydrogen-bond acceptors (Lipinski definition) is 1. The Morgan fingerprint density at radius 1 is 1.55 bits per heavy atom. The molecule has 1 aliphatic carbocycles. The monoisotopic (exact) mass is 172 g/mol. The molecule has 0 atom stereocenters. The minimum Gasteiger partial charge on any atom is -0.303 e. The fraction of sp³-hybridized carbons (Fsp3) is 0.667. The third-order valence-corrected chi connectivity index (χ3v) is 2.53. The molecule has 1 fully saturated rings. The van der Waals surface area contributed by atoms with E-state index >= 15 is 0 Å². The van der Waals surface area contributed by atoms with Crippen LogP contribution < -0.4 is 0 Å². The number of allylic oxidation sites excluding steroid dienone is 1. The van der Waals surface area contributed by atoms with Crippen molar-refractivity contribution in [1.29, 1.82) is 0 Å². The Labute approximate surface area is 72.4 Å². The predicted octanol–water partition coefficient (Wildman–Crippen LogP) is 2.89. The third-order valence-electron chi connectivity index (χ3n) is 2.39. The number of aldehydes is 1. The van der Waals surface area contributed by atoms with E-state index in [4.69, 9.17) is 11.6 Å². The zero-order valence-electron chi connectivity index (χ0n) is 6.61. The van der Waals surface area contributed by atoms with Gasteiger partial charge in [0.05, 0.1) is 0 Å². The van der Waals surface area contributed by atoms with Crippen molar-refractivity contribution >= 4 is 17.9 Å². The highest BCUT2D eigenvalue weighted by Gasteiger charge is 2.33. The Hall–Kier alpha value is -0.300. The lowest BCUT2D eigenvalue weighted by Gasteiger charge is -2.20. The number of hydrogen-bond donors (Lipinski definition) is 0. The molecule has 0 aromatic rings. The lowest BCUT2D eigenvalue weighted by Crippen LogP contribution is -2.17. The highest BCUT2D eigenvalue weighted by molar-refractivity contribution is 6.29. The van der Waals surface area contributed by atoms with Gasteiger partial charge in [0.1, 0.15) is 6.29 Å². The van der Waals surface area contributed by atoms with Crippen molar-refractivity contribution in [3.63, 3.8) is 0 Å². The van der Waals surface area contributed by atoms with Crippen molar-refractivity contribution in [1.82, 2.24) is 0 Å². The van der Waals surface area contributed by atoms with Crippen molar-refractivity contribution in [2.75, 3.05) is 0 Å². The topological polar surface area (TPSA) is 17.1 Å². The number of rotatable bonds is 3. The molecule has 0 unspecified atom stereocenters. The van der Waals surface area contributed by atoms with Crippen LogP contribution in [0.2, 0.25) is 0 Å². The van der Waals surface area contributed by atoms with E-state index in [2.05, 4.69) is 6.58 Å². The maximum atomic E-state index is 10.8. The Morgan fingerprint density at radius 2 is 2.09 bits per heavy atom. The van der Waals surface area contributed by atoms with Crippen LogP contribution >= 0.6 is 11.6 Å². The Kier molecular flexibility index (Phi) is 2.72. The standard InChI is InChI=1S/C9H13ClO/c1-8(10)6-9(7-11)4-2-3-5-9/h7H,1-6H2. The molecule has 0 N–H and O–H groups in total. The summed E-state index contributed by atoms with van der Waals surface area (Å²) in [6.07, 6.45) is 6.02. The van der Waals surface area contributed by atoms with Crippen LogP contribution in [0.1, 0.15) is 32.1 Å². The molecule has 1 aliphatic rings. The largest absolute Gasteiger partial charge is 0.303 e. The second-order valence-corrected chi connectivity index (χ2v) is 3.92. The quantitative estimate of drug-likeness (QED) is 0.599. The molecular formula is C9H13ClO. The van der Waals surface area contributed by atoms with E-state index in [0.717, 1.165) is 32.0 Å². The normalized spacial score (nSPS) is 21.5. The molecule has 1 nitrogen and oxygen atoms in total. The molecule has 0 amide bonds. The van der Waals surface area contributed by atoms with Crippen LogP contribution in [0.4, 0.5) is 0 Å². The Bertz CT molecular complexity index is 168. The minimum absolute atomic E-state index is 0.154. The van der Waals surface area contributed by atoms with Gasteiger partial charge in [0.2, 0.25) is 0 Å². The van der Waals surface area contributed by atoms with E-state index in [1.807, 2.05) is 0 Å². The van der Waals surface area contributed by atoms with Gasteiger partial charge in [-0.15, -0.1) is 0 Å². The van der Waals surface area contributed by atoms with Crippen LogP contribution in [-0.2, 0) is 4.79 Å². The highest BCUT2D eigenvalue weighted by Crippen LogP contribution is 2.41. The summed E-state index contributed by atoms with van der Waals surface area (Å²) in [5.41, 5.74) is -0.154. The molecule has 0 aliphatic heterocycles. The van der Waals surface area contributed by atoms with Gasteiger partial charge < -0.3 is 4.79 Å². The SMILES string of the molecule is C=C(Cl)CC1(C=O)CCCC1. The zero-order valence-corrected chi connectivity index (χ0v) is 7.36. The molecule has 0 heterocycles. The summed E-state index contributed by atoms with van der Waals surface area (Å²) in [6, 6.07) is 0. The van der Waals surface area contributed by atoms with Crippen LogP contribution in [0, 0.1) is 5.41 Å². The molecule has 1 saturated carbocycles. The first-order valence-corrected chi connectivity index (χ1v) is 4.36. The number of halogens is 1. The third kappa shape index (κ3) is 2.06. The molecule has 62 valence electrons. The highest BCUT2D eigenvalue weighted by atomic mass is 35.5. The van der Waals surface area contributed by atoms with E-state index in [9.17, 15) is 4.79 Å². The zero-order chi connectivity index (χ0) is 8.32. The maximum absolute atomic E-state index is 10.8. The van der Waals surface area contributed by atoms with Crippen molar-refractivity contribution in [3.05, 3.63) is 11.6 Å². The average molecular weight is 173 g/mol. The molecule has 2 heteroatoms. The summed E-state index contributed by atoms with van der Waals surface area (Å²) in [5, 5.41) is 0.610. The van der Waals surface area contributed by atoms with Gasteiger partial charge in [-0.3, -0.25) is 0 Å². The minimum atomic E-state index is -0.154. The lowest BCUT2D eigenvalue weighted by atomic mass is 9.84. The number of carbonyl (C=O) groups is 1. The van der Waals surface area contributed by atoms with E-state index in [1.54, 1.807) is 0 Å². The molecule has 0 aromatic heterocycles. The van der Waals surface area contributed by atoms with E-state index in [0.29, 0.717) is 11.5 Å². The molecule has 1 rings (SSSR count). The van der Waals surface area contributed by atoms with Gasteiger partial charge in [0.25, 0.3) is 0 Å². The fourth-order valence-electron chi connectivity index (χ4n) is 1.80. The summed E-state index contributed by atoms with van der Waals surface area (Å²) < 4.78 is 0. The van der Waals surface area contributed by atoms with Gasteiger partial charge in [-0.25, -0.2) is 0 Å². The molecule has 0 saturated heterocycles. The smallest absolute Gasteiger partial charge is 0.126 e. The van der Waals surface area contributed by atoms with Gasteiger partial charge in [-0.2, -0.15) is 0 Å². The lowest BCUT2D eigenvalue weighted by molar-refractivity contribution is -0.115. The van der Waals surface area contributed by atoms with Gasteiger partial charge in [0.15, 0.2) is 0 Å². The molecule has 0 spiro atoms. The van der Waals surface area contributed by atoms with Crippen LogP contribution in [0.25, 0.3) is 0 Å². The second-order valence-electron chi connectivity index (χ2n) is 3.38. The Balaban J connectivity index is 2.59. The van der Waals surface area contributed by atoms with Gasteiger partial charge in [-0.05, 0) is 19.3 Å². The summed E-state index contributed by atoms with van der Waals surface area (Å²) in [6.45, 7) is 3.62. The molecule has 0 bridgehead atoms. The maximum Gasteiger partial charge on any atom is 0.126 e. The first-order valence-electron chi connectivity index (χ1n) is 3.98. The van der Waals surface area contributed by atoms with Crippen molar-refractivity contribution in [2.45, 2.75) is 32.1 Å². The van der Waals surface area contributed by atoms with Crippen LogP contribution in [0.15, 0.2) is 11.6 Å². The molecule has 11 heavy (non-hydrogen) atoms. The first kappa shape index (κ1) is 8.79. The van der Waals surface area contributed by atoms with Crippen molar-refractivity contribution in [3.8, 4) is 0 Å². The first-order chi connectivity index (χ1) is 5.18. The van der Waals surface area contributed by atoms with E-state index in [-0.39, 0.29) is 5.41 Å². The summed E-state index contributed by atoms with van der Waals surface area (Å²) in [7, 11) is 0. The van der Waals surface area contributed by atoms with Crippen molar-refractivity contribution < 1.29 is 4.79 Å². The second kappa shape index (κ2) is 3.40. The predicted molar refractivity (Wildman–Crippen MR) is 46.6 cm³/mol. The summed E-state index contributed by atoms with van der Waals surface area (Å²) >= 11 is 5.67. The summed E-state index contributed by atoms with van der Waals surface area (Å²) in [5.74, 6) is 0. The Morgan fingerprint density at radius 3 is 2.45 bits per heavy atom. The van der Waals surface area contributed by atoms with Crippen molar-refractivity contribution in [2.24, 2.45) is 5.41 Å². The van der Waals surface area contributed by atoms with E-state index < -0.39 is 0 Å². The summed E-state index contributed by atoms with van der Waals surface area (Å²) in [4.78, 5) is 10.8. The van der Waals surface area contributed by atoms with Gasteiger partial charge in [-0.1, -0.05) is 31.0 Å².